The maximum atomic E-state index is 9.57. The highest BCUT2D eigenvalue weighted by molar-refractivity contribution is 9.09. The molecule has 0 spiro atoms. The summed E-state index contributed by atoms with van der Waals surface area (Å²) < 4.78 is 4.92. The molecule has 1 heterocycles. The molecule has 0 aliphatic rings. The summed E-state index contributed by atoms with van der Waals surface area (Å²) in [4.78, 5) is 3.96. The number of ether oxygens (including phenoxy) is 1. The van der Waals surface area contributed by atoms with Gasteiger partial charge in [0.1, 0.15) is 11.9 Å². The van der Waals surface area contributed by atoms with E-state index in [1.54, 1.807) is 19.2 Å². The fourth-order valence-electron chi connectivity index (χ4n) is 0.969. The van der Waals surface area contributed by atoms with Crippen LogP contribution in [0.3, 0.4) is 0 Å². The van der Waals surface area contributed by atoms with Gasteiger partial charge in [0.15, 0.2) is 0 Å². The smallest absolute Gasteiger partial charge is 0.137 e. The maximum absolute atomic E-state index is 9.57. The SMILES string of the molecule is COc1ccc(C(O)C(O)CBr)nc1. The summed E-state index contributed by atoms with van der Waals surface area (Å²) in [7, 11) is 1.54. The minimum atomic E-state index is -0.972. The molecule has 0 saturated carbocycles. The Morgan fingerprint density at radius 3 is 2.64 bits per heavy atom. The fraction of sp³-hybridized carbons (Fsp3) is 0.444. The van der Waals surface area contributed by atoms with E-state index < -0.39 is 12.2 Å². The van der Waals surface area contributed by atoms with Crippen LogP contribution in [0.5, 0.6) is 5.75 Å². The third kappa shape index (κ3) is 2.67. The Morgan fingerprint density at radius 1 is 1.50 bits per heavy atom. The molecule has 0 aromatic carbocycles. The van der Waals surface area contributed by atoms with Gasteiger partial charge in [-0.05, 0) is 12.1 Å². The van der Waals surface area contributed by atoms with E-state index in [0.29, 0.717) is 16.8 Å². The molecule has 2 atom stereocenters. The molecule has 1 aromatic rings. The molecular weight excluding hydrogens is 250 g/mol. The lowest BCUT2D eigenvalue weighted by Crippen LogP contribution is -2.20. The van der Waals surface area contributed by atoms with Crippen LogP contribution >= 0.6 is 15.9 Å². The number of hydrogen-bond acceptors (Lipinski definition) is 4. The minimum absolute atomic E-state index is 0.307. The van der Waals surface area contributed by atoms with Gasteiger partial charge in [-0.1, -0.05) is 15.9 Å². The average molecular weight is 262 g/mol. The molecular formula is C9H12BrNO3. The van der Waals surface area contributed by atoms with E-state index in [-0.39, 0.29) is 0 Å². The lowest BCUT2D eigenvalue weighted by atomic mass is 10.1. The Hall–Kier alpha value is -0.650. The van der Waals surface area contributed by atoms with Crippen LogP contribution in [0.4, 0.5) is 0 Å². The number of rotatable bonds is 4. The third-order valence-electron chi connectivity index (χ3n) is 1.82. The van der Waals surface area contributed by atoms with Crippen LogP contribution in [0.1, 0.15) is 11.8 Å². The highest BCUT2D eigenvalue weighted by atomic mass is 79.9. The Labute approximate surface area is 90.7 Å². The molecule has 4 nitrogen and oxygen atoms in total. The topological polar surface area (TPSA) is 62.6 Å². The highest BCUT2D eigenvalue weighted by Gasteiger charge is 2.18. The molecule has 5 heteroatoms. The number of hydrogen-bond donors (Lipinski definition) is 2. The first-order valence-corrected chi connectivity index (χ1v) is 5.23. The number of aliphatic hydroxyl groups is 2. The van der Waals surface area contributed by atoms with Gasteiger partial charge in [0.05, 0.1) is 25.1 Å². The van der Waals surface area contributed by atoms with Crippen molar-refractivity contribution in [1.29, 1.82) is 0 Å². The van der Waals surface area contributed by atoms with Crippen molar-refractivity contribution in [3.05, 3.63) is 24.0 Å². The average Bonchev–Trinajstić information content (AvgIpc) is 2.27. The van der Waals surface area contributed by atoms with Gasteiger partial charge >= 0.3 is 0 Å². The zero-order valence-electron chi connectivity index (χ0n) is 7.72. The summed E-state index contributed by atoms with van der Waals surface area (Å²) in [6.45, 7) is 0. The summed E-state index contributed by atoms with van der Waals surface area (Å²) in [5.41, 5.74) is 0.428. The quantitative estimate of drug-likeness (QED) is 0.791. The molecule has 0 fully saturated rings. The van der Waals surface area contributed by atoms with Gasteiger partial charge in [0.25, 0.3) is 0 Å². The number of methoxy groups -OCH3 is 1. The van der Waals surface area contributed by atoms with Gasteiger partial charge in [-0.3, -0.25) is 4.98 Å². The molecule has 0 saturated heterocycles. The Kier molecular flexibility index (Phi) is 4.31. The van der Waals surface area contributed by atoms with Crippen molar-refractivity contribution >= 4 is 15.9 Å². The van der Waals surface area contributed by atoms with Crippen molar-refractivity contribution in [2.45, 2.75) is 12.2 Å². The first kappa shape index (κ1) is 11.4. The van der Waals surface area contributed by atoms with Crippen molar-refractivity contribution in [3.63, 3.8) is 0 Å². The second-order valence-electron chi connectivity index (χ2n) is 2.79. The number of aliphatic hydroxyl groups excluding tert-OH is 2. The second kappa shape index (κ2) is 5.29. The maximum Gasteiger partial charge on any atom is 0.137 e. The van der Waals surface area contributed by atoms with E-state index in [2.05, 4.69) is 20.9 Å². The minimum Gasteiger partial charge on any atom is -0.495 e. The number of pyridine rings is 1. The molecule has 2 N–H and O–H groups in total. The summed E-state index contributed by atoms with van der Waals surface area (Å²) in [5, 5.41) is 19.2. The van der Waals surface area contributed by atoms with Crippen LogP contribution in [0.25, 0.3) is 0 Å². The Morgan fingerprint density at radius 2 is 2.21 bits per heavy atom. The fourth-order valence-corrected chi connectivity index (χ4v) is 1.32. The van der Waals surface area contributed by atoms with Crippen molar-refractivity contribution in [2.75, 3.05) is 12.4 Å². The highest BCUT2D eigenvalue weighted by Crippen LogP contribution is 2.18. The standard InChI is InChI=1S/C9H12BrNO3/c1-14-6-2-3-7(11-5-6)9(13)8(12)4-10/h2-3,5,8-9,12-13H,4H2,1H3. The molecule has 1 aromatic heterocycles. The Bertz CT molecular complexity index is 278. The molecule has 2 unspecified atom stereocenters. The zero-order valence-corrected chi connectivity index (χ0v) is 9.31. The zero-order chi connectivity index (χ0) is 10.6. The summed E-state index contributed by atoms with van der Waals surface area (Å²) in [5.74, 6) is 0.620. The van der Waals surface area contributed by atoms with Gasteiger partial charge in [0, 0.05) is 5.33 Å². The number of alkyl halides is 1. The second-order valence-corrected chi connectivity index (χ2v) is 3.44. The summed E-state index contributed by atoms with van der Waals surface area (Å²) in [6.07, 6.45) is -0.323. The normalized spacial score (nSPS) is 14.9. The van der Waals surface area contributed by atoms with Gasteiger partial charge in [-0.15, -0.1) is 0 Å². The van der Waals surface area contributed by atoms with E-state index in [1.165, 1.54) is 6.20 Å². The molecule has 0 bridgehead atoms. The third-order valence-corrected chi connectivity index (χ3v) is 2.48. The largest absolute Gasteiger partial charge is 0.495 e. The molecule has 14 heavy (non-hydrogen) atoms. The predicted molar refractivity (Wildman–Crippen MR) is 55.5 cm³/mol. The van der Waals surface area contributed by atoms with Crippen LogP contribution in [0.2, 0.25) is 0 Å². The predicted octanol–water partition coefficient (Wildman–Crippen LogP) is 0.879. The van der Waals surface area contributed by atoms with Gasteiger partial charge < -0.3 is 14.9 Å². The van der Waals surface area contributed by atoms with Crippen molar-refractivity contribution < 1.29 is 14.9 Å². The van der Waals surface area contributed by atoms with Crippen molar-refractivity contribution in [3.8, 4) is 5.75 Å². The van der Waals surface area contributed by atoms with E-state index in [1.807, 2.05) is 0 Å². The van der Waals surface area contributed by atoms with E-state index in [0.717, 1.165) is 0 Å². The lowest BCUT2D eigenvalue weighted by molar-refractivity contribution is 0.0315. The molecule has 0 aliphatic carbocycles. The van der Waals surface area contributed by atoms with E-state index in [4.69, 9.17) is 4.74 Å². The van der Waals surface area contributed by atoms with Crippen LogP contribution in [0.15, 0.2) is 18.3 Å². The summed E-state index contributed by atoms with van der Waals surface area (Å²) in [6, 6.07) is 3.31. The van der Waals surface area contributed by atoms with Gasteiger partial charge in [-0.25, -0.2) is 0 Å². The molecule has 0 aliphatic heterocycles. The van der Waals surface area contributed by atoms with Crippen molar-refractivity contribution in [2.24, 2.45) is 0 Å². The molecule has 0 radical (unpaired) electrons. The Balaban J connectivity index is 2.75. The lowest BCUT2D eigenvalue weighted by Gasteiger charge is -2.14. The number of aromatic nitrogens is 1. The monoisotopic (exact) mass is 261 g/mol. The first-order valence-electron chi connectivity index (χ1n) is 4.11. The molecule has 0 amide bonds. The molecule has 78 valence electrons. The number of nitrogens with zero attached hydrogens (tertiary/aromatic N) is 1. The van der Waals surface area contributed by atoms with Crippen LogP contribution in [-0.4, -0.2) is 33.7 Å². The first-order chi connectivity index (χ1) is 6.69. The van der Waals surface area contributed by atoms with E-state index in [9.17, 15) is 10.2 Å². The van der Waals surface area contributed by atoms with E-state index >= 15 is 0 Å². The van der Waals surface area contributed by atoms with Crippen LogP contribution < -0.4 is 4.74 Å². The van der Waals surface area contributed by atoms with Crippen LogP contribution in [-0.2, 0) is 0 Å². The summed E-state index contributed by atoms with van der Waals surface area (Å²) >= 11 is 3.08. The van der Waals surface area contributed by atoms with Gasteiger partial charge in [0.2, 0.25) is 0 Å². The number of halogens is 1. The van der Waals surface area contributed by atoms with Gasteiger partial charge in [-0.2, -0.15) is 0 Å². The molecule has 1 rings (SSSR count). The van der Waals surface area contributed by atoms with Crippen molar-refractivity contribution in [1.82, 2.24) is 4.98 Å². The van der Waals surface area contributed by atoms with Crippen LogP contribution in [0, 0.1) is 0 Å².